The van der Waals surface area contributed by atoms with Crippen LogP contribution in [0.4, 0.5) is 5.82 Å². The molecule has 0 saturated heterocycles. The second-order valence-corrected chi connectivity index (χ2v) is 4.22. The highest BCUT2D eigenvalue weighted by Crippen LogP contribution is 2.12. The van der Waals surface area contributed by atoms with Gasteiger partial charge in [0, 0.05) is 25.0 Å². The van der Waals surface area contributed by atoms with Crippen molar-refractivity contribution < 1.29 is 9.53 Å². The molecular formula is C14H18N4O2. The zero-order valence-corrected chi connectivity index (χ0v) is 11.7. The highest BCUT2D eigenvalue weighted by Gasteiger charge is 2.10. The Hall–Kier alpha value is -2.37. The molecule has 0 spiro atoms. The average molecular weight is 274 g/mol. The molecule has 0 unspecified atom stereocenters. The van der Waals surface area contributed by atoms with Crippen LogP contribution in [0.3, 0.4) is 0 Å². The molecule has 0 aliphatic heterocycles. The number of nitrogens with one attached hydrogen (secondary N) is 1. The molecule has 2 aromatic heterocycles. The fourth-order valence-electron chi connectivity index (χ4n) is 1.70. The fraction of sp³-hybridized carbons (Fsp3) is 0.357. The molecule has 6 heteroatoms. The Kier molecular flexibility index (Phi) is 4.70. The van der Waals surface area contributed by atoms with Crippen molar-refractivity contribution >= 4 is 11.8 Å². The lowest BCUT2D eigenvalue weighted by atomic mass is 10.3. The van der Waals surface area contributed by atoms with Crippen molar-refractivity contribution in [3.05, 3.63) is 36.3 Å². The van der Waals surface area contributed by atoms with Crippen molar-refractivity contribution in [2.75, 3.05) is 18.5 Å². The Morgan fingerprint density at radius 3 is 3.05 bits per heavy atom. The van der Waals surface area contributed by atoms with Crippen LogP contribution in [-0.2, 0) is 4.74 Å². The van der Waals surface area contributed by atoms with Gasteiger partial charge in [-0.05, 0) is 19.4 Å². The van der Waals surface area contributed by atoms with E-state index in [2.05, 4.69) is 22.3 Å². The van der Waals surface area contributed by atoms with E-state index in [0.717, 1.165) is 24.5 Å². The number of hydrogen-bond acceptors (Lipinski definition) is 5. The lowest BCUT2D eigenvalue weighted by Gasteiger charge is -2.06. The molecule has 2 heterocycles. The first-order chi connectivity index (χ1) is 9.74. The Labute approximate surface area is 117 Å². The summed E-state index contributed by atoms with van der Waals surface area (Å²) in [6, 6.07) is 3.72. The van der Waals surface area contributed by atoms with Crippen LogP contribution in [0.5, 0.6) is 0 Å². The number of rotatable bonds is 6. The normalized spacial score (nSPS) is 10.3. The molecule has 0 radical (unpaired) electrons. The molecule has 6 nitrogen and oxygen atoms in total. The predicted molar refractivity (Wildman–Crippen MR) is 76.1 cm³/mol. The lowest BCUT2D eigenvalue weighted by Crippen LogP contribution is -2.04. The first kappa shape index (κ1) is 14.0. The molecule has 106 valence electrons. The summed E-state index contributed by atoms with van der Waals surface area (Å²) in [7, 11) is 0. The maximum absolute atomic E-state index is 11.6. The third kappa shape index (κ3) is 3.34. The van der Waals surface area contributed by atoms with E-state index < -0.39 is 0 Å². The average Bonchev–Trinajstić information content (AvgIpc) is 2.95. The van der Waals surface area contributed by atoms with E-state index in [9.17, 15) is 4.79 Å². The third-order valence-electron chi connectivity index (χ3n) is 2.66. The smallest absolute Gasteiger partial charge is 0.341 e. The van der Waals surface area contributed by atoms with Gasteiger partial charge in [0.2, 0.25) is 0 Å². The van der Waals surface area contributed by atoms with Crippen LogP contribution >= 0.6 is 0 Å². The van der Waals surface area contributed by atoms with Gasteiger partial charge in [0.25, 0.3) is 0 Å². The molecule has 1 N–H and O–H groups in total. The number of ether oxygens (including phenoxy) is 1. The molecule has 0 amide bonds. The molecular weight excluding hydrogens is 256 g/mol. The van der Waals surface area contributed by atoms with Gasteiger partial charge in [-0.2, -0.15) is 5.10 Å². The fourth-order valence-corrected chi connectivity index (χ4v) is 1.70. The number of nitrogens with zero attached hydrogens (tertiary/aromatic N) is 3. The second-order valence-electron chi connectivity index (χ2n) is 4.22. The van der Waals surface area contributed by atoms with Crippen LogP contribution in [0.25, 0.3) is 5.69 Å². The first-order valence-corrected chi connectivity index (χ1v) is 6.66. The van der Waals surface area contributed by atoms with Gasteiger partial charge in [-0.3, -0.25) is 0 Å². The maximum Gasteiger partial charge on any atom is 0.341 e. The van der Waals surface area contributed by atoms with Gasteiger partial charge in [0.05, 0.1) is 24.1 Å². The summed E-state index contributed by atoms with van der Waals surface area (Å²) in [5.41, 5.74) is 1.28. The van der Waals surface area contributed by atoms with Crippen LogP contribution in [-0.4, -0.2) is 33.9 Å². The summed E-state index contributed by atoms with van der Waals surface area (Å²) in [5, 5.41) is 7.38. The minimum Gasteiger partial charge on any atom is -0.462 e. The minimum atomic E-state index is -0.364. The number of hydrogen-bond donors (Lipinski definition) is 1. The summed E-state index contributed by atoms with van der Waals surface area (Å²) in [6.07, 6.45) is 5.88. The van der Waals surface area contributed by atoms with Gasteiger partial charge in [0.1, 0.15) is 5.82 Å². The van der Waals surface area contributed by atoms with Crippen molar-refractivity contribution in [3.8, 4) is 5.69 Å². The van der Waals surface area contributed by atoms with Crippen LogP contribution in [0.15, 0.2) is 30.7 Å². The molecule has 0 saturated carbocycles. The number of aromatic nitrogens is 3. The number of anilines is 1. The van der Waals surface area contributed by atoms with Gasteiger partial charge in [-0.25, -0.2) is 14.5 Å². The van der Waals surface area contributed by atoms with Gasteiger partial charge in [-0.15, -0.1) is 0 Å². The van der Waals surface area contributed by atoms with Crippen molar-refractivity contribution in [1.82, 2.24) is 14.8 Å². The van der Waals surface area contributed by atoms with E-state index in [1.54, 1.807) is 24.0 Å². The van der Waals surface area contributed by atoms with Gasteiger partial charge in [0.15, 0.2) is 0 Å². The van der Waals surface area contributed by atoms with E-state index in [1.165, 1.54) is 6.20 Å². The quantitative estimate of drug-likeness (QED) is 0.818. The molecule has 0 bridgehead atoms. The summed E-state index contributed by atoms with van der Waals surface area (Å²) in [4.78, 5) is 15.8. The first-order valence-electron chi connectivity index (χ1n) is 6.66. The zero-order valence-electron chi connectivity index (χ0n) is 11.7. The third-order valence-corrected chi connectivity index (χ3v) is 2.66. The van der Waals surface area contributed by atoms with Crippen LogP contribution < -0.4 is 5.32 Å². The topological polar surface area (TPSA) is 69.0 Å². The predicted octanol–water partition coefficient (Wildman–Crippen LogP) is 2.27. The lowest BCUT2D eigenvalue weighted by molar-refractivity contribution is 0.0526. The molecule has 0 fully saturated rings. The van der Waals surface area contributed by atoms with Crippen molar-refractivity contribution in [2.24, 2.45) is 0 Å². The number of esters is 1. The summed E-state index contributed by atoms with van der Waals surface area (Å²) >= 11 is 0. The van der Waals surface area contributed by atoms with Crippen molar-refractivity contribution in [2.45, 2.75) is 20.3 Å². The molecule has 0 atom stereocenters. The molecule has 2 aromatic rings. The van der Waals surface area contributed by atoms with Crippen molar-refractivity contribution in [3.63, 3.8) is 0 Å². The Morgan fingerprint density at radius 1 is 1.45 bits per heavy atom. The largest absolute Gasteiger partial charge is 0.462 e. The number of carbonyl (C=O) groups excluding carboxylic acids is 1. The monoisotopic (exact) mass is 274 g/mol. The van der Waals surface area contributed by atoms with Crippen LogP contribution in [0, 0.1) is 0 Å². The summed E-state index contributed by atoms with van der Waals surface area (Å²) < 4.78 is 6.57. The van der Waals surface area contributed by atoms with Crippen molar-refractivity contribution in [1.29, 1.82) is 0 Å². The van der Waals surface area contributed by atoms with Gasteiger partial charge in [-0.1, -0.05) is 6.92 Å². The Morgan fingerprint density at radius 2 is 2.30 bits per heavy atom. The Balaban J connectivity index is 2.17. The Bertz CT molecular complexity index is 580. The molecule has 20 heavy (non-hydrogen) atoms. The SMILES string of the molecule is CCCNc1cc(-n2cc(C(=O)OCC)cn2)ccn1. The standard InChI is InChI=1S/C14H18N4O2/c1-3-6-15-13-8-12(5-7-16-13)18-10-11(9-17-18)14(19)20-4-2/h5,7-10H,3-4,6H2,1-2H3,(H,15,16). The van der Waals surface area contributed by atoms with E-state index in [0.29, 0.717) is 12.2 Å². The van der Waals surface area contributed by atoms with E-state index in [-0.39, 0.29) is 5.97 Å². The van der Waals surface area contributed by atoms with E-state index in [4.69, 9.17) is 4.74 Å². The number of carbonyl (C=O) groups is 1. The van der Waals surface area contributed by atoms with Gasteiger partial charge < -0.3 is 10.1 Å². The van der Waals surface area contributed by atoms with Crippen LogP contribution in [0.1, 0.15) is 30.6 Å². The van der Waals surface area contributed by atoms with Crippen LogP contribution in [0.2, 0.25) is 0 Å². The molecule has 2 rings (SSSR count). The zero-order chi connectivity index (χ0) is 14.4. The molecule has 0 aliphatic rings. The molecule has 0 aromatic carbocycles. The second kappa shape index (κ2) is 6.70. The van der Waals surface area contributed by atoms with Gasteiger partial charge >= 0.3 is 5.97 Å². The minimum absolute atomic E-state index is 0.352. The van der Waals surface area contributed by atoms with E-state index >= 15 is 0 Å². The van der Waals surface area contributed by atoms with E-state index in [1.807, 2.05) is 12.1 Å². The maximum atomic E-state index is 11.6. The molecule has 0 aliphatic carbocycles. The highest BCUT2D eigenvalue weighted by atomic mass is 16.5. The summed E-state index contributed by atoms with van der Waals surface area (Å²) in [6.45, 7) is 5.08. The highest BCUT2D eigenvalue weighted by molar-refractivity contribution is 5.88. The summed E-state index contributed by atoms with van der Waals surface area (Å²) in [5.74, 6) is 0.426. The number of pyridine rings is 1.